The van der Waals surface area contributed by atoms with Crippen molar-refractivity contribution >= 4 is 21.8 Å². The zero-order valence-corrected chi connectivity index (χ0v) is 15.1. The van der Waals surface area contributed by atoms with Crippen LogP contribution in [0.2, 0.25) is 0 Å². The smallest absolute Gasteiger partial charge is 0.244 e. The van der Waals surface area contributed by atoms with Gasteiger partial charge in [0.2, 0.25) is 15.9 Å². The van der Waals surface area contributed by atoms with Gasteiger partial charge in [-0.25, -0.2) is 13.4 Å². The summed E-state index contributed by atoms with van der Waals surface area (Å²) in [4.78, 5) is 8.74. The Morgan fingerprint density at radius 1 is 1.25 bits per heavy atom. The first-order valence-corrected chi connectivity index (χ1v) is 10.4. The summed E-state index contributed by atoms with van der Waals surface area (Å²) in [5.74, 6) is 1.76. The fourth-order valence-electron chi connectivity index (χ4n) is 2.49. The lowest BCUT2D eigenvalue weighted by Crippen LogP contribution is -2.35. The third-order valence-electron chi connectivity index (χ3n) is 3.82. The molecule has 24 heavy (non-hydrogen) atoms. The molecule has 1 saturated heterocycles. The Morgan fingerprint density at radius 2 is 2.04 bits per heavy atom. The van der Waals surface area contributed by atoms with Crippen LogP contribution in [0.3, 0.4) is 0 Å². The molecule has 1 fully saturated rings. The molecule has 0 aliphatic carbocycles. The summed E-state index contributed by atoms with van der Waals surface area (Å²) in [5.41, 5.74) is 0. The van der Waals surface area contributed by atoms with Crippen molar-refractivity contribution in [2.45, 2.75) is 48.3 Å². The first-order valence-electron chi connectivity index (χ1n) is 8.00. The Bertz CT molecular complexity index is 768. The third-order valence-corrected chi connectivity index (χ3v) is 6.65. The highest BCUT2D eigenvalue weighted by Gasteiger charge is 2.26. The van der Waals surface area contributed by atoms with Crippen molar-refractivity contribution < 1.29 is 12.9 Å². The van der Waals surface area contributed by atoms with Crippen LogP contribution in [0.5, 0.6) is 0 Å². The molecule has 0 atom stereocenters. The van der Waals surface area contributed by atoms with Gasteiger partial charge in [-0.05, 0) is 25.0 Å². The number of aromatic nitrogens is 3. The van der Waals surface area contributed by atoms with Gasteiger partial charge in [0.25, 0.3) is 0 Å². The van der Waals surface area contributed by atoms with Gasteiger partial charge in [-0.1, -0.05) is 30.3 Å². The maximum Gasteiger partial charge on any atom is 0.244 e. The highest BCUT2D eigenvalue weighted by Crippen LogP contribution is 2.23. The standard InChI is InChI=1S/C15H20N4O3S2/c1-2-14-17-13(18-22-14)11-23-15-7-6-12(10-16-15)24(20,21)19-8-4-3-5-9-19/h6-7,10H,2-5,8-9,11H2,1H3. The number of pyridine rings is 1. The number of piperidine rings is 1. The zero-order valence-electron chi connectivity index (χ0n) is 13.5. The molecular weight excluding hydrogens is 348 g/mol. The van der Waals surface area contributed by atoms with E-state index in [9.17, 15) is 8.42 Å². The normalized spacial score (nSPS) is 16.4. The van der Waals surface area contributed by atoms with Crippen LogP contribution in [0.4, 0.5) is 0 Å². The van der Waals surface area contributed by atoms with Crippen molar-refractivity contribution in [2.24, 2.45) is 0 Å². The Morgan fingerprint density at radius 3 is 2.67 bits per heavy atom. The number of aryl methyl sites for hydroxylation is 1. The quantitative estimate of drug-likeness (QED) is 0.724. The molecule has 0 aromatic carbocycles. The fourth-order valence-corrected chi connectivity index (χ4v) is 4.64. The lowest BCUT2D eigenvalue weighted by molar-refractivity contribution is 0.346. The summed E-state index contributed by atoms with van der Waals surface area (Å²) in [7, 11) is -3.42. The van der Waals surface area contributed by atoms with Gasteiger partial charge in [-0.2, -0.15) is 9.29 Å². The molecule has 7 nitrogen and oxygen atoms in total. The van der Waals surface area contributed by atoms with E-state index < -0.39 is 10.0 Å². The van der Waals surface area contributed by atoms with E-state index in [-0.39, 0.29) is 4.90 Å². The molecule has 0 radical (unpaired) electrons. The third kappa shape index (κ3) is 3.96. The molecule has 1 aliphatic rings. The van der Waals surface area contributed by atoms with Crippen molar-refractivity contribution in [3.63, 3.8) is 0 Å². The van der Waals surface area contributed by atoms with Crippen molar-refractivity contribution in [3.8, 4) is 0 Å². The summed E-state index contributed by atoms with van der Waals surface area (Å²) in [6, 6.07) is 3.34. The van der Waals surface area contributed by atoms with Gasteiger partial charge >= 0.3 is 0 Å². The van der Waals surface area contributed by atoms with Crippen LogP contribution in [0.25, 0.3) is 0 Å². The minimum absolute atomic E-state index is 0.251. The van der Waals surface area contributed by atoms with Gasteiger partial charge < -0.3 is 4.52 Å². The first-order chi connectivity index (χ1) is 11.6. The van der Waals surface area contributed by atoms with Crippen molar-refractivity contribution in [1.29, 1.82) is 0 Å². The Hall–Kier alpha value is -1.45. The van der Waals surface area contributed by atoms with Crippen molar-refractivity contribution in [1.82, 2.24) is 19.4 Å². The number of sulfonamides is 1. The second-order valence-electron chi connectivity index (χ2n) is 5.54. The molecule has 2 aromatic heterocycles. The fraction of sp³-hybridized carbons (Fsp3) is 0.533. The van der Waals surface area contributed by atoms with Crippen LogP contribution in [0.15, 0.2) is 32.8 Å². The molecular formula is C15H20N4O3S2. The van der Waals surface area contributed by atoms with Crippen LogP contribution in [0, 0.1) is 0 Å². The van der Waals surface area contributed by atoms with Gasteiger partial charge in [-0.15, -0.1) is 0 Å². The highest BCUT2D eigenvalue weighted by atomic mass is 32.2. The molecule has 2 aromatic rings. The van der Waals surface area contributed by atoms with Crippen LogP contribution in [-0.4, -0.2) is 40.9 Å². The second kappa shape index (κ2) is 7.62. The number of nitrogens with zero attached hydrogens (tertiary/aromatic N) is 4. The minimum Gasteiger partial charge on any atom is -0.339 e. The number of thioether (sulfide) groups is 1. The summed E-state index contributed by atoms with van der Waals surface area (Å²) < 4.78 is 31.7. The van der Waals surface area contributed by atoms with Gasteiger partial charge in [-0.3, -0.25) is 0 Å². The van der Waals surface area contributed by atoms with E-state index in [0.717, 1.165) is 24.3 Å². The van der Waals surface area contributed by atoms with Gasteiger partial charge in [0.05, 0.1) is 10.8 Å². The molecule has 3 rings (SSSR count). The van der Waals surface area contributed by atoms with E-state index in [0.29, 0.717) is 37.0 Å². The van der Waals surface area contributed by atoms with E-state index in [2.05, 4.69) is 15.1 Å². The van der Waals surface area contributed by atoms with Crippen LogP contribution >= 0.6 is 11.8 Å². The van der Waals surface area contributed by atoms with Crippen LogP contribution in [-0.2, 0) is 22.2 Å². The maximum atomic E-state index is 12.6. The van der Waals surface area contributed by atoms with E-state index in [4.69, 9.17) is 4.52 Å². The monoisotopic (exact) mass is 368 g/mol. The number of hydrogen-bond acceptors (Lipinski definition) is 7. The summed E-state index contributed by atoms with van der Waals surface area (Å²) in [6.45, 7) is 3.14. The van der Waals surface area contributed by atoms with E-state index in [1.165, 1.54) is 18.0 Å². The second-order valence-corrected chi connectivity index (χ2v) is 8.48. The topological polar surface area (TPSA) is 89.2 Å². The molecule has 0 bridgehead atoms. The molecule has 0 saturated carbocycles. The predicted molar refractivity (Wildman–Crippen MR) is 90.1 cm³/mol. The SMILES string of the molecule is CCc1nc(CSc2ccc(S(=O)(=O)N3CCCCC3)cn2)no1. The van der Waals surface area contributed by atoms with E-state index >= 15 is 0 Å². The van der Waals surface area contributed by atoms with Crippen LogP contribution < -0.4 is 0 Å². The highest BCUT2D eigenvalue weighted by molar-refractivity contribution is 7.98. The summed E-state index contributed by atoms with van der Waals surface area (Å²) in [6.07, 6.45) is 5.07. The minimum atomic E-state index is -3.42. The van der Waals surface area contributed by atoms with Gasteiger partial charge in [0.1, 0.15) is 4.90 Å². The summed E-state index contributed by atoms with van der Waals surface area (Å²) >= 11 is 1.45. The number of hydrogen-bond donors (Lipinski definition) is 0. The maximum absolute atomic E-state index is 12.6. The number of rotatable bonds is 6. The molecule has 0 amide bonds. The molecule has 1 aliphatic heterocycles. The van der Waals surface area contributed by atoms with Crippen molar-refractivity contribution in [2.75, 3.05) is 13.1 Å². The van der Waals surface area contributed by atoms with Crippen LogP contribution in [0.1, 0.15) is 37.9 Å². The van der Waals surface area contributed by atoms with Crippen molar-refractivity contribution in [3.05, 3.63) is 30.0 Å². The van der Waals surface area contributed by atoms with Gasteiger partial charge in [0, 0.05) is 25.7 Å². The lowest BCUT2D eigenvalue weighted by atomic mass is 10.2. The average molecular weight is 368 g/mol. The van der Waals surface area contributed by atoms with E-state index in [1.807, 2.05) is 6.92 Å². The Labute approximate surface area is 145 Å². The Kier molecular flexibility index (Phi) is 5.52. The van der Waals surface area contributed by atoms with Gasteiger partial charge in [0.15, 0.2) is 5.82 Å². The molecule has 9 heteroatoms. The molecule has 0 N–H and O–H groups in total. The molecule has 0 spiro atoms. The average Bonchev–Trinajstić information content (AvgIpc) is 3.09. The molecule has 0 unspecified atom stereocenters. The van der Waals surface area contributed by atoms with E-state index in [1.54, 1.807) is 16.4 Å². The predicted octanol–water partition coefficient (Wildman–Crippen LogP) is 2.49. The molecule has 130 valence electrons. The largest absolute Gasteiger partial charge is 0.339 e. The Balaban J connectivity index is 1.64. The zero-order chi connectivity index (χ0) is 17.0. The first kappa shape index (κ1) is 17.4. The lowest BCUT2D eigenvalue weighted by Gasteiger charge is -2.25. The summed E-state index contributed by atoms with van der Waals surface area (Å²) in [5, 5.41) is 4.61. The molecule has 3 heterocycles.